The topological polar surface area (TPSA) is 111 Å². The van der Waals surface area contributed by atoms with Crippen LogP contribution >= 0.6 is 11.3 Å². The number of ether oxygens (including phenoxy) is 3. The molecule has 1 atom stereocenters. The van der Waals surface area contributed by atoms with E-state index >= 15 is 0 Å². The first-order valence-electron chi connectivity index (χ1n) is 10.0. The van der Waals surface area contributed by atoms with Gasteiger partial charge < -0.3 is 19.1 Å². The summed E-state index contributed by atoms with van der Waals surface area (Å²) in [5.41, 5.74) is 0.535. The molecule has 10 heteroatoms. The first kappa shape index (κ1) is 23.7. The molecule has 1 aliphatic rings. The van der Waals surface area contributed by atoms with Crippen LogP contribution in [0.25, 0.3) is 0 Å². The molecule has 1 fully saturated rings. The second kappa shape index (κ2) is 11.0. The van der Waals surface area contributed by atoms with E-state index in [4.69, 9.17) is 14.2 Å². The van der Waals surface area contributed by atoms with E-state index in [1.807, 2.05) is 0 Å². The van der Waals surface area contributed by atoms with Gasteiger partial charge in [0, 0.05) is 13.1 Å². The quantitative estimate of drug-likeness (QED) is 0.512. The number of urea groups is 1. The molecule has 1 N–H and O–H groups in total. The number of nitrogens with one attached hydrogen (secondary N) is 1. The maximum Gasteiger partial charge on any atom is 0.348 e. The van der Waals surface area contributed by atoms with Gasteiger partial charge in [-0.05, 0) is 46.1 Å². The van der Waals surface area contributed by atoms with Crippen molar-refractivity contribution in [3.63, 3.8) is 0 Å². The van der Waals surface area contributed by atoms with E-state index in [0.29, 0.717) is 24.9 Å². The van der Waals surface area contributed by atoms with Gasteiger partial charge in [0.25, 0.3) is 0 Å². The zero-order valence-corrected chi connectivity index (χ0v) is 18.6. The van der Waals surface area contributed by atoms with E-state index in [1.54, 1.807) is 27.7 Å². The van der Waals surface area contributed by atoms with Crippen LogP contribution in [-0.2, 0) is 19.0 Å². The van der Waals surface area contributed by atoms with Gasteiger partial charge in [-0.15, -0.1) is 11.3 Å². The molecule has 2 rings (SSSR count). The lowest BCUT2D eigenvalue weighted by Gasteiger charge is -2.31. The van der Waals surface area contributed by atoms with Crippen molar-refractivity contribution in [2.75, 3.05) is 38.2 Å². The Labute approximate surface area is 179 Å². The van der Waals surface area contributed by atoms with Crippen molar-refractivity contribution in [1.29, 1.82) is 0 Å². The average Bonchev–Trinajstić information content (AvgIpc) is 3.04. The van der Waals surface area contributed by atoms with Gasteiger partial charge in [0.05, 0.1) is 31.3 Å². The minimum atomic E-state index is -0.625. The number of piperidine rings is 1. The van der Waals surface area contributed by atoms with Crippen molar-refractivity contribution in [3.8, 4) is 0 Å². The molecule has 30 heavy (non-hydrogen) atoms. The van der Waals surface area contributed by atoms with Crippen LogP contribution in [0, 0.1) is 12.8 Å². The SMILES string of the molecule is CCOC(=O)c1sc(NC(=O)N2CCCC(C(=O)OCC)C2)c(C(=O)OCC)c1C. The van der Waals surface area contributed by atoms with Crippen LogP contribution in [0.15, 0.2) is 0 Å². The van der Waals surface area contributed by atoms with Gasteiger partial charge in [0.15, 0.2) is 0 Å². The molecule has 9 nitrogen and oxygen atoms in total. The van der Waals surface area contributed by atoms with Crippen LogP contribution < -0.4 is 5.32 Å². The molecule has 0 saturated carbocycles. The highest BCUT2D eigenvalue weighted by Crippen LogP contribution is 2.35. The van der Waals surface area contributed by atoms with Gasteiger partial charge >= 0.3 is 23.9 Å². The fraction of sp³-hybridized carbons (Fsp3) is 0.600. The van der Waals surface area contributed by atoms with Crippen molar-refractivity contribution in [2.45, 2.75) is 40.5 Å². The number of carbonyl (C=O) groups excluding carboxylic acids is 4. The normalized spacial score (nSPS) is 16.0. The Kier molecular flexibility index (Phi) is 8.64. The highest BCUT2D eigenvalue weighted by molar-refractivity contribution is 7.18. The Balaban J connectivity index is 2.24. The Hall–Kier alpha value is -2.62. The molecular weight excluding hydrogens is 412 g/mol. The number of anilines is 1. The lowest BCUT2D eigenvalue weighted by Crippen LogP contribution is -2.44. The Morgan fingerprint density at radius 3 is 2.30 bits per heavy atom. The summed E-state index contributed by atoms with van der Waals surface area (Å²) in [6.45, 7) is 8.05. The van der Waals surface area contributed by atoms with Crippen LogP contribution in [0.5, 0.6) is 0 Å². The number of nitrogens with zero attached hydrogens (tertiary/aromatic N) is 1. The van der Waals surface area contributed by atoms with E-state index in [-0.39, 0.29) is 53.7 Å². The van der Waals surface area contributed by atoms with Gasteiger partial charge in [-0.3, -0.25) is 10.1 Å². The van der Waals surface area contributed by atoms with Crippen LogP contribution in [0.3, 0.4) is 0 Å². The van der Waals surface area contributed by atoms with E-state index in [9.17, 15) is 19.2 Å². The van der Waals surface area contributed by atoms with Gasteiger partial charge in [-0.25, -0.2) is 14.4 Å². The fourth-order valence-corrected chi connectivity index (χ4v) is 4.31. The summed E-state index contributed by atoms with van der Waals surface area (Å²) in [7, 11) is 0. The summed E-state index contributed by atoms with van der Waals surface area (Å²) < 4.78 is 15.2. The highest BCUT2D eigenvalue weighted by Gasteiger charge is 2.32. The van der Waals surface area contributed by atoms with Crippen molar-refractivity contribution in [3.05, 3.63) is 16.0 Å². The summed E-state index contributed by atoms with van der Waals surface area (Å²) in [6.07, 6.45) is 1.32. The number of carbonyl (C=O) groups is 4. The molecular formula is C20H28N2O7S. The van der Waals surface area contributed by atoms with Crippen molar-refractivity contribution in [2.24, 2.45) is 5.92 Å². The monoisotopic (exact) mass is 440 g/mol. The molecule has 0 bridgehead atoms. The van der Waals surface area contributed by atoms with Crippen molar-refractivity contribution in [1.82, 2.24) is 4.90 Å². The molecule has 2 amide bonds. The predicted octanol–water partition coefficient (Wildman–Crippen LogP) is 3.22. The number of amides is 2. The zero-order valence-electron chi connectivity index (χ0n) is 17.7. The van der Waals surface area contributed by atoms with Gasteiger partial charge in [-0.1, -0.05) is 0 Å². The lowest BCUT2D eigenvalue weighted by molar-refractivity contribution is -0.149. The average molecular weight is 441 g/mol. The third-order valence-corrected chi connectivity index (χ3v) is 5.82. The zero-order chi connectivity index (χ0) is 22.3. The van der Waals surface area contributed by atoms with Crippen LogP contribution in [0.2, 0.25) is 0 Å². The first-order valence-corrected chi connectivity index (χ1v) is 10.9. The number of thiophene rings is 1. The number of hydrogen-bond donors (Lipinski definition) is 1. The fourth-order valence-electron chi connectivity index (χ4n) is 3.23. The molecule has 0 radical (unpaired) electrons. The van der Waals surface area contributed by atoms with E-state index in [2.05, 4.69) is 5.32 Å². The molecule has 1 aliphatic heterocycles. The summed E-state index contributed by atoms with van der Waals surface area (Å²) in [4.78, 5) is 51.3. The molecule has 0 spiro atoms. The predicted molar refractivity (Wildman–Crippen MR) is 111 cm³/mol. The lowest BCUT2D eigenvalue weighted by atomic mass is 9.98. The minimum Gasteiger partial charge on any atom is -0.466 e. The van der Waals surface area contributed by atoms with Crippen LogP contribution in [-0.4, -0.2) is 61.7 Å². The Morgan fingerprint density at radius 2 is 1.67 bits per heavy atom. The molecule has 2 heterocycles. The van der Waals surface area contributed by atoms with Crippen molar-refractivity contribution >= 4 is 40.3 Å². The number of likely N-dealkylation sites (tertiary alicyclic amines) is 1. The number of esters is 3. The van der Waals surface area contributed by atoms with E-state index in [1.165, 1.54) is 4.90 Å². The number of rotatable bonds is 7. The summed E-state index contributed by atoms with van der Waals surface area (Å²) in [5.74, 6) is -1.89. The third-order valence-electron chi connectivity index (χ3n) is 4.64. The molecule has 166 valence electrons. The van der Waals surface area contributed by atoms with Gasteiger partial charge in [0.2, 0.25) is 0 Å². The van der Waals surface area contributed by atoms with Gasteiger partial charge in [0.1, 0.15) is 9.88 Å². The first-order chi connectivity index (χ1) is 14.3. The number of hydrogen-bond acceptors (Lipinski definition) is 8. The third kappa shape index (κ3) is 5.50. The molecule has 0 aromatic carbocycles. The molecule has 1 saturated heterocycles. The second-order valence-electron chi connectivity index (χ2n) is 6.67. The second-order valence-corrected chi connectivity index (χ2v) is 7.69. The maximum absolute atomic E-state index is 12.8. The highest BCUT2D eigenvalue weighted by atomic mass is 32.1. The summed E-state index contributed by atoms with van der Waals surface area (Å²) >= 11 is 0.970. The molecule has 1 unspecified atom stereocenters. The van der Waals surface area contributed by atoms with Gasteiger partial charge in [-0.2, -0.15) is 0 Å². The van der Waals surface area contributed by atoms with Crippen LogP contribution in [0.1, 0.15) is 59.2 Å². The maximum atomic E-state index is 12.8. The minimum absolute atomic E-state index is 0.136. The van der Waals surface area contributed by atoms with E-state index in [0.717, 1.165) is 11.3 Å². The van der Waals surface area contributed by atoms with Crippen LogP contribution in [0.4, 0.5) is 9.80 Å². The standard InChI is InChI=1S/C20H28N2O7S/c1-5-27-17(23)13-9-8-10-22(11-13)20(26)21-16-14(18(24)28-6-2)12(4)15(30-16)19(25)29-7-3/h13H,5-11H2,1-4H3,(H,21,26). The molecule has 1 aromatic heterocycles. The van der Waals surface area contributed by atoms with Crippen molar-refractivity contribution < 1.29 is 33.4 Å². The largest absolute Gasteiger partial charge is 0.466 e. The smallest absolute Gasteiger partial charge is 0.348 e. The Bertz CT molecular complexity index is 805. The molecule has 0 aliphatic carbocycles. The molecule has 1 aromatic rings. The summed E-state index contributed by atoms with van der Waals surface area (Å²) in [6, 6.07) is -0.453. The summed E-state index contributed by atoms with van der Waals surface area (Å²) in [5, 5.41) is 2.93. The Morgan fingerprint density at radius 1 is 1.03 bits per heavy atom. The van der Waals surface area contributed by atoms with E-state index < -0.39 is 18.0 Å².